The average molecular weight is 374 g/mol. The van der Waals surface area contributed by atoms with Crippen molar-refractivity contribution in [3.63, 3.8) is 0 Å². The number of carbonyl (C=O) groups is 1. The van der Waals surface area contributed by atoms with Gasteiger partial charge in [-0.1, -0.05) is 29.8 Å². The number of thiophene rings is 1. The van der Waals surface area contributed by atoms with Gasteiger partial charge in [-0.05, 0) is 29.1 Å². The molecule has 0 saturated carbocycles. The number of carbonyl (C=O) groups excluding carboxylic acids is 1. The first-order valence-electron chi connectivity index (χ1n) is 7.24. The highest BCUT2D eigenvalue weighted by Gasteiger charge is 2.15. The summed E-state index contributed by atoms with van der Waals surface area (Å²) >= 11 is 8.97. The summed E-state index contributed by atoms with van der Waals surface area (Å²) in [6, 6.07) is 11.4. The molecule has 0 fully saturated rings. The van der Waals surface area contributed by atoms with Crippen LogP contribution in [0.1, 0.15) is 16.1 Å². The lowest BCUT2D eigenvalue weighted by molar-refractivity contribution is 0.0945. The smallest absolute Gasteiger partial charge is 0.269 e. The molecule has 1 aromatic carbocycles. The average Bonchev–Trinajstić information content (AvgIpc) is 3.29. The molecule has 7 heteroatoms. The van der Waals surface area contributed by atoms with E-state index in [1.807, 2.05) is 57.8 Å². The van der Waals surface area contributed by atoms with E-state index in [-0.39, 0.29) is 5.91 Å². The van der Waals surface area contributed by atoms with Crippen LogP contribution < -0.4 is 5.32 Å². The Morgan fingerprint density at radius 1 is 1.21 bits per heavy atom. The van der Waals surface area contributed by atoms with Gasteiger partial charge in [0.25, 0.3) is 5.91 Å². The molecule has 0 aliphatic rings. The van der Waals surface area contributed by atoms with Crippen LogP contribution in [0.3, 0.4) is 0 Å². The number of aromatic nitrogens is 2. The molecule has 1 N–H and O–H groups in total. The van der Waals surface area contributed by atoms with E-state index in [0.29, 0.717) is 17.3 Å². The second-order valence-electron chi connectivity index (χ2n) is 5.19. The molecular formula is C17H12ClN3OS2. The van der Waals surface area contributed by atoms with Crippen LogP contribution in [0.5, 0.6) is 0 Å². The van der Waals surface area contributed by atoms with E-state index in [1.165, 1.54) is 11.3 Å². The number of thiazole rings is 1. The molecular weight excluding hydrogens is 362 g/mol. The van der Waals surface area contributed by atoms with Crippen LogP contribution in [-0.4, -0.2) is 15.3 Å². The van der Waals surface area contributed by atoms with Gasteiger partial charge < -0.3 is 5.32 Å². The van der Waals surface area contributed by atoms with Crippen LogP contribution in [-0.2, 0) is 6.54 Å². The lowest BCUT2D eigenvalue weighted by atomic mass is 10.2. The van der Waals surface area contributed by atoms with Crippen molar-refractivity contribution in [2.24, 2.45) is 0 Å². The molecule has 0 bridgehead atoms. The molecule has 4 nitrogen and oxygen atoms in total. The van der Waals surface area contributed by atoms with E-state index in [1.54, 1.807) is 11.3 Å². The fourth-order valence-electron chi connectivity index (χ4n) is 2.37. The third-order valence-electron chi connectivity index (χ3n) is 3.58. The highest BCUT2D eigenvalue weighted by Crippen LogP contribution is 2.26. The zero-order valence-electron chi connectivity index (χ0n) is 12.4. The molecule has 0 spiro atoms. The minimum atomic E-state index is -0.119. The number of amides is 1. The Labute approximate surface area is 151 Å². The van der Waals surface area contributed by atoms with Crippen molar-refractivity contribution in [2.75, 3.05) is 0 Å². The van der Waals surface area contributed by atoms with Gasteiger partial charge in [0.1, 0.15) is 11.4 Å². The second kappa shape index (κ2) is 6.39. The van der Waals surface area contributed by atoms with Crippen LogP contribution in [0.4, 0.5) is 0 Å². The predicted molar refractivity (Wildman–Crippen MR) is 99.0 cm³/mol. The van der Waals surface area contributed by atoms with E-state index < -0.39 is 0 Å². The summed E-state index contributed by atoms with van der Waals surface area (Å²) in [6.07, 6.45) is 1.91. The summed E-state index contributed by atoms with van der Waals surface area (Å²) < 4.78 is 1.84. The number of nitrogens with one attached hydrogen (secondary N) is 1. The normalized spacial score (nSPS) is 11.0. The van der Waals surface area contributed by atoms with Crippen molar-refractivity contribution in [1.82, 2.24) is 14.7 Å². The Morgan fingerprint density at radius 2 is 2.04 bits per heavy atom. The molecule has 0 saturated heterocycles. The topological polar surface area (TPSA) is 46.4 Å². The van der Waals surface area contributed by atoms with Crippen molar-refractivity contribution >= 4 is 45.1 Å². The minimum absolute atomic E-state index is 0.119. The molecule has 4 rings (SSSR count). The minimum Gasteiger partial charge on any atom is -0.347 e. The van der Waals surface area contributed by atoms with Crippen molar-refractivity contribution in [1.29, 1.82) is 0 Å². The SMILES string of the molecule is O=C(NCc1ccc(Cl)cc1)c1csc2nc(-c3cccs3)cn12. The lowest BCUT2D eigenvalue weighted by Gasteiger charge is -2.04. The van der Waals surface area contributed by atoms with E-state index in [2.05, 4.69) is 10.3 Å². The maximum absolute atomic E-state index is 12.5. The molecule has 4 aromatic rings. The van der Waals surface area contributed by atoms with Crippen LogP contribution in [0.2, 0.25) is 5.02 Å². The summed E-state index contributed by atoms with van der Waals surface area (Å²) in [5, 5.41) is 7.47. The fourth-order valence-corrected chi connectivity index (χ4v) is 4.02. The van der Waals surface area contributed by atoms with Gasteiger partial charge >= 0.3 is 0 Å². The zero-order valence-corrected chi connectivity index (χ0v) is 14.8. The van der Waals surface area contributed by atoms with E-state index in [0.717, 1.165) is 21.1 Å². The second-order valence-corrected chi connectivity index (χ2v) is 7.41. The molecule has 1 amide bonds. The van der Waals surface area contributed by atoms with Crippen LogP contribution in [0.25, 0.3) is 15.5 Å². The van der Waals surface area contributed by atoms with Gasteiger partial charge in [0.2, 0.25) is 0 Å². The largest absolute Gasteiger partial charge is 0.347 e. The first-order valence-corrected chi connectivity index (χ1v) is 9.37. The van der Waals surface area contributed by atoms with Crippen molar-refractivity contribution in [2.45, 2.75) is 6.54 Å². The van der Waals surface area contributed by atoms with E-state index in [9.17, 15) is 4.79 Å². The molecule has 120 valence electrons. The van der Waals surface area contributed by atoms with Crippen molar-refractivity contribution in [3.8, 4) is 10.6 Å². The van der Waals surface area contributed by atoms with Gasteiger partial charge in [-0.2, -0.15) is 0 Å². The summed E-state index contributed by atoms with van der Waals surface area (Å²) in [7, 11) is 0. The number of hydrogen-bond donors (Lipinski definition) is 1. The molecule has 0 aliphatic carbocycles. The fraction of sp³-hybridized carbons (Fsp3) is 0.0588. The van der Waals surface area contributed by atoms with E-state index in [4.69, 9.17) is 11.6 Å². The maximum Gasteiger partial charge on any atom is 0.269 e. The number of rotatable bonds is 4. The van der Waals surface area contributed by atoms with Crippen molar-refractivity contribution in [3.05, 3.63) is 69.6 Å². The number of halogens is 1. The Hall–Kier alpha value is -2.15. The van der Waals surface area contributed by atoms with Crippen LogP contribution in [0.15, 0.2) is 53.4 Å². The molecule has 0 aliphatic heterocycles. The molecule has 0 radical (unpaired) electrons. The monoisotopic (exact) mass is 373 g/mol. The van der Waals surface area contributed by atoms with Gasteiger partial charge in [0.15, 0.2) is 4.96 Å². The first kappa shape index (κ1) is 15.4. The Balaban J connectivity index is 1.54. The molecule has 3 aromatic heterocycles. The summed E-state index contributed by atoms with van der Waals surface area (Å²) in [5.41, 5.74) is 2.49. The summed E-state index contributed by atoms with van der Waals surface area (Å²) in [4.78, 5) is 19.0. The molecule has 0 atom stereocenters. The Morgan fingerprint density at radius 3 is 2.79 bits per heavy atom. The third kappa shape index (κ3) is 2.96. The van der Waals surface area contributed by atoms with Gasteiger partial charge in [-0.25, -0.2) is 4.98 Å². The number of benzene rings is 1. The quantitative estimate of drug-likeness (QED) is 0.563. The lowest BCUT2D eigenvalue weighted by Crippen LogP contribution is -2.23. The predicted octanol–water partition coefficient (Wildman–Crippen LogP) is 4.71. The van der Waals surface area contributed by atoms with Gasteiger partial charge in [0, 0.05) is 23.1 Å². The number of hydrogen-bond acceptors (Lipinski definition) is 4. The standard InChI is InChI=1S/C17H12ClN3OS2/c18-12-5-3-11(4-6-12)8-19-16(22)14-10-24-17-20-13(9-21(14)17)15-2-1-7-23-15/h1-7,9-10H,8H2,(H,19,22). The van der Waals surface area contributed by atoms with Gasteiger partial charge in [-0.15, -0.1) is 22.7 Å². The molecule has 3 heterocycles. The number of nitrogens with zero attached hydrogens (tertiary/aromatic N) is 2. The van der Waals surface area contributed by atoms with Crippen LogP contribution in [0, 0.1) is 0 Å². The Kier molecular flexibility index (Phi) is 4.10. The van der Waals surface area contributed by atoms with Crippen molar-refractivity contribution < 1.29 is 4.79 Å². The first-order chi connectivity index (χ1) is 11.7. The molecule has 0 unspecified atom stereocenters. The van der Waals surface area contributed by atoms with E-state index >= 15 is 0 Å². The third-order valence-corrected chi connectivity index (χ3v) is 5.57. The number of fused-ring (bicyclic) bond motifs is 1. The summed E-state index contributed by atoms with van der Waals surface area (Å²) in [5.74, 6) is -0.119. The molecule has 24 heavy (non-hydrogen) atoms. The summed E-state index contributed by atoms with van der Waals surface area (Å²) in [6.45, 7) is 0.458. The van der Waals surface area contributed by atoms with Gasteiger partial charge in [-0.3, -0.25) is 9.20 Å². The van der Waals surface area contributed by atoms with Gasteiger partial charge in [0.05, 0.1) is 4.88 Å². The Bertz CT molecular complexity index is 987. The highest BCUT2D eigenvalue weighted by atomic mass is 35.5. The number of imidazole rings is 1. The maximum atomic E-state index is 12.5. The highest BCUT2D eigenvalue weighted by molar-refractivity contribution is 7.15. The zero-order chi connectivity index (χ0) is 16.5. The van der Waals surface area contributed by atoms with Crippen LogP contribution >= 0.6 is 34.3 Å².